The lowest BCUT2D eigenvalue weighted by Gasteiger charge is -2.29. The number of fused-ring (bicyclic) bond motifs is 1. The van der Waals surface area contributed by atoms with E-state index in [-0.39, 0.29) is 11.4 Å². The molecule has 0 radical (unpaired) electrons. The Labute approximate surface area is 158 Å². The van der Waals surface area contributed by atoms with Gasteiger partial charge in [-0.25, -0.2) is 9.37 Å². The summed E-state index contributed by atoms with van der Waals surface area (Å²) < 4.78 is 19.4. The molecule has 0 atom stereocenters. The molecule has 1 aliphatic heterocycles. The van der Waals surface area contributed by atoms with Crippen LogP contribution in [-0.4, -0.2) is 28.5 Å². The number of rotatable bonds is 4. The number of hydrogen-bond donors (Lipinski definition) is 1. The number of aromatic amines is 1. The van der Waals surface area contributed by atoms with Crippen LogP contribution in [0.3, 0.4) is 0 Å². The highest BCUT2D eigenvalue weighted by Gasteiger charge is 2.25. The Morgan fingerprint density at radius 2 is 2.11 bits per heavy atom. The summed E-state index contributed by atoms with van der Waals surface area (Å²) in [6.07, 6.45) is 6.51. The first-order valence-electron chi connectivity index (χ1n) is 9.81. The van der Waals surface area contributed by atoms with Gasteiger partial charge < -0.3 is 9.72 Å². The van der Waals surface area contributed by atoms with Crippen LogP contribution in [0, 0.1) is 5.82 Å². The van der Waals surface area contributed by atoms with Gasteiger partial charge in [0.15, 0.2) is 0 Å². The summed E-state index contributed by atoms with van der Waals surface area (Å²) in [7, 11) is 1.58. The predicted octanol–water partition coefficient (Wildman–Crippen LogP) is 3.52. The summed E-state index contributed by atoms with van der Waals surface area (Å²) in [6, 6.07) is 4.81. The quantitative estimate of drug-likeness (QED) is 0.893. The average Bonchev–Trinajstić information content (AvgIpc) is 2.70. The third-order valence-electron chi connectivity index (χ3n) is 5.81. The SMILES string of the molecule is COc1ccc(F)c(CN2CCc3c(nc(C4CCCCC4)[nH]c3=O)C2)c1. The van der Waals surface area contributed by atoms with Crippen molar-refractivity contribution < 1.29 is 9.13 Å². The fourth-order valence-corrected chi connectivity index (χ4v) is 4.26. The number of nitrogens with zero attached hydrogens (tertiary/aromatic N) is 2. The minimum Gasteiger partial charge on any atom is -0.497 e. The third-order valence-corrected chi connectivity index (χ3v) is 5.81. The first-order chi connectivity index (χ1) is 13.1. The van der Waals surface area contributed by atoms with Crippen molar-refractivity contribution in [1.82, 2.24) is 14.9 Å². The van der Waals surface area contributed by atoms with E-state index in [1.54, 1.807) is 19.2 Å². The molecular formula is C21H26FN3O2. The maximum Gasteiger partial charge on any atom is 0.254 e. The zero-order valence-electron chi connectivity index (χ0n) is 15.8. The number of halogens is 1. The molecule has 1 saturated carbocycles. The van der Waals surface area contributed by atoms with Crippen LogP contribution >= 0.6 is 0 Å². The van der Waals surface area contributed by atoms with E-state index in [0.717, 1.165) is 36.5 Å². The van der Waals surface area contributed by atoms with Gasteiger partial charge in [0.25, 0.3) is 5.56 Å². The Hall–Kier alpha value is -2.21. The maximum atomic E-state index is 14.2. The molecule has 0 unspecified atom stereocenters. The second-order valence-corrected chi connectivity index (χ2v) is 7.63. The van der Waals surface area contributed by atoms with E-state index < -0.39 is 0 Å². The van der Waals surface area contributed by atoms with Crippen LogP contribution in [0.4, 0.5) is 4.39 Å². The van der Waals surface area contributed by atoms with Crippen molar-refractivity contribution in [3.8, 4) is 5.75 Å². The lowest BCUT2D eigenvalue weighted by atomic mass is 9.88. The Morgan fingerprint density at radius 3 is 2.89 bits per heavy atom. The molecule has 1 aromatic carbocycles. The number of methoxy groups -OCH3 is 1. The highest BCUT2D eigenvalue weighted by atomic mass is 19.1. The second kappa shape index (κ2) is 7.80. The predicted molar refractivity (Wildman–Crippen MR) is 101 cm³/mol. The minimum atomic E-state index is -0.233. The summed E-state index contributed by atoms with van der Waals surface area (Å²) in [5, 5.41) is 0. The molecule has 1 aromatic heterocycles. The van der Waals surface area contributed by atoms with Crippen molar-refractivity contribution in [2.75, 3.05) is 13.7 Å². The zero-order chi connectivity index (χ0) is 18.8. The fourth-order valence-electron chi connectivity index (χ4n) is 4.26. The molecule has 1 N–H and O–H groups in total. The molecule has 1 aliphatic carbocycles. The van der Waals surface area contributed by atoms with Crippen LogP contribution in [0.5, 0.6) is 5.75 Å². The van der Waals surface area contributed by atoms with Crippen molar-refractivity contribution in [3.05, 3.63) is 57.0 Å². The van der Waals surface area contributed by atoms with Crippen molar-refractivity contribution >= 4 is 0 Å². The number of benzene rings is 1. The molecule has 2 heterocycles. The van der Waals surface area contributed by atoms with E-state index in [2.05, 4.69) is 9.88 Å². The summed E-state index contributed by atoms with van der Waals surface area (Å²) in [4.78, 5) is 22.6. The third kappa shape index (κ3) is 3.90. The van der Waals surface area contributed by atoms with Gasteiger partial charge in [0, 0.05) is 36.7 Å². The van der Waals surface area contributed by atoms with Crippen molar-refractivity contribution in [3.63, 3.8) is 0 Å². The van der Waals surface area contributed by atoms with Gasteiger partial charge in [-0.05, 0) is 37.5 Å². The normalized spacial score (nSPS) is 18.3. The van der Waals surface area contributed by atoms with Crippen LogP contribution in [0.25, 0.3) is 0 Å². The average molecular weight is 371 g/mol. The largest absolute Gasteiger partial charge is 0.497 e. The summed E-state index contributed by atoms with van der Waals surface area (Å²) in [6.45, 7) is 1.78. The molecule has 5 nitrogen and oxygen atoms in total. The first kappa shape index (κ1) is 18.2. The highest BCUT2D eigenvalue weighted by Crippen LogP contribution is 2.31. The molecule has 27 heavy (non-hydrogen) atoms. The molecule has 2 aromatic rings. The monoisotopic (exact) mass is 371 g/mol. The second-order valence-electron chi connectivity index (χ2n) is 7.63. The number of nitrogens with one attached hydrogen (secondary N) is 1. The standard InChI is InChI=1S/C21H26FN3O2/c1-27-16-7-8-18(22)15(11-16)12-25-10-9-17-19(13-25)23-20(24-21(17)26)14-5-3-2-4-6-14/h7-8,11,14H,2-6,9-10,12-13H2,1H3,(H,23,24,26). The lowest BCUT2D eigenvalue weighted by Crippen LogP contribution is -2.36. The Kier molecular flexibility index (Phi) is 5.25. The van der Waals surface area contributed by atoms with Crippen LogP contribution in [-0.2, 0) is 19.5 Å². The van der Waals surface area contributed by atoms with E-state index in [4.69, 9.17) is 9.72 Å². The van der Waals surface area contributed by atoms with Crippen LogP contribution in [0.2, 0.25) is 0 Å². The van der Waals surface area contributed by atoms with Crippen LogP contribution < -0.4 is 10.3 Å². The van der Waals surface area contributed by atoms with Gasteiger partial charge in [0.2, 0.25) is 0 Å². The topological polar surface area (TPSA) is 58.2 Å². The van der Waals surface area contributed by atoms with E-state index in [0.29, 0.717) is 36.7 Å². The summed E-state index contributed by atoms with van der Waals surface area (Å²) in [5.74, 6) is 1.62. The smallest absolute Gasteiger partial charge is 0.254 e. The number of ether oxygens (including phenoxy) is 1. The number of hydrogen-bond acceptors (Lipinski definition) is 4. The summed E-state index contributed by atoms with van der Waals surface area (Å²) in [5.41, 5.74) is 2.26. The molecule has 0 saturated heterocycles. The van der Waals surface area contributed by atoms with Crippen molar-refractivity contribution in [2.45, 2.75) is 57.5 Å². The molecule has 0 spiro atoms. The van der Waals surface area contributed by atoms with Crippen LogP contribution in [0.1, 0.15) is 60.7 Å². The molecule has 6 heteroatoms. The van der Waals surface area contributed by atoms with Crippen molar-refractivity contribution in [1.29, 1.82) is 0 Å². The molecule has 0 amide bonds. The maximum absolute atomic E-state index is 14.2. The lowest BCUT2D eigenvalue weighted by molar-refractivity contribution is 0.236. The number of H-pyrrole nitrogens is 1. The molecule has 1 fully saturated rings. The highest BCUT2D eigenvalue weighted by molar-refractivity contribution is 5.30. The zero-order valence-corrected chi connectivity index (χ0v) is 15.8. The van der Waals surface area contributed by atoms with Crippen LogP contribution in [0.15, 0.2) is 23.0 Å². The molecule has 4 rings (SSSR count). The number of aromatic nitrogens is 2. The van der Waals surface area contributed by atoms with Gasteiger partial charge >= 0.3 is 0 Å². The Balaban J connectivity index is 1.55. The van der Waals surface area contributed by atoms with E-state index in [1.807, 2.05) is 0 Å². The van der Waals surface area contributed by atoms with E-state index >= 15 is 0 Å². The van der Waals surface area contributed by atoms with Gasteiger partial charge in [-0.3, -0.25) is 9.69 Å². The fraction of sp³-hybridized carbons (Fsp3) is 0.524. The Bertz CT molecular complexity index is 874. The molecule has 144 valence electrons. The molecule has 0 bridgehead atoms. The van der Waals surface area contributed by atoms with Gasteiger partial charge in [-0.15, -0.1) is 0 Å². The molecular weight excluding hydrogens is 345 g/mol. The Morgan fingerprint density at radius 1 is 1.30 bits per heavy atom. The van der Waals surface area contributed by atoms with Gasteiger partial charge in [-0.1, -0.05) is 19.3 Å². The van der Waals surface area contributed by atoms with Crippen molar-refractivity contribution in [2.24, 2.45) is 0 Å². The van der Waals surface area contributed by atoms with Gasteiger partial charge in [0.05, 0.1) is 12.8 Å². The first-order valence-corrected chi connectivity index (χ1v) is 9.81. The summed E-state index contributed by atoms with van der Waals surface area (Å²) >= 11 is 0. The van der Waals surface area contributed by atoms with E-state index in [9.17, 15) is 9.18 Å². The van der Waals surface area contributed by atoms with E-state index in [1.165, 1.54) is 25.3 Å². The minimum absolute atomic E-state index is 0.00721. The van der Waals surface area contributed by atoms with Gasteiger partial charge in [0.1, 0.15) is 17.4 Å². The van der Waals surface area contributed by atoms with Gasteiger partial charge in [-0.2, -0.15) is 0 Å². The molecule has 2 aliphatic rings.